The second-order valence-electron chi connectivity index (χ2n) is 5.18. The zero-order chi connectivity index (χ0) is 16.1. The first-order valence-electron chi connectivity index (χ1n) is 7.05. The number of anilines is 1. The Hall–Kier alpha value is -2.25. The van der Waals surface area contributed by atoms with Crippen molar-refractivity contribution < 1.29 is 4.79 Å². The van der Waals surface area contributed by atoms with Gasteiger partial charge in [-0.15, -0.1) is 11.8 Å². The van der Waals surface area contributed by atoms with Gasteiger partial charge in [-0.3, -0.25) is 4.79 Å². The summed E-state index contributed by atoms with van der Waals surface area (Å²) < 4.78 is 0. The molecule has 2 aromatic carbocycles. The van der Waals surface area contributed by atoms with Crippen LogP contribution >= 0.6 is 11.8 Å². The lowest BCUT2D eigenvalue weighted by atomic mass is 10.2. The maximum Gasteiger partial charge on any atom is 0.237 e. The van der Waals surface area contributed by atoms with Crippen LogP contribution in [-0.2, 0) is 4.79 Å². The molecule has 2 aromatic rings. The third-order valence-electron chi connectivity index (χ3n) is 3.31. The van der Waals surface area contributed by atoms with Crippen LogP contribution in [0.5, 0.6) is 0 Å². The fraction of sp³-hybridized carbons (Fsp3) is 0.222. The van der Waals surface area contributed by atoms with Crippen LogP contribution < -0.4 is 5.32 Å². The number of nitrogens with zero attached hydrogens (tertiary/aromatic N) is 1. The summed E-state index contributed by atoms with van der Waals surface area (Å²) in [7, 11) is 0. The lowest BCUT2D eigenvalue weighted by molar-refractivity contribution is -0.115. The maximum atomic E-state index is 12.3. The molecule has 0 aromatic heterocycles. The van der Waals surface area contributed by atoms with Crippen LogP contribution in [0.15, 0.2) is 47.4 Å². The average molecular weight is 310 g/mol. The molecule has 0 aliphatic rings. The second-order valence-corrected chi connectivity index (χ2v) is 6.56. The molecule has 0 radical (unpaired) electrons. The average Bonchev–Trinajstić information content (AvgIpc) is 2.50. The Balaban J connectivity index is 2.08. The minimum absolute atomic E-state index is 0.104. The third-order valence-corrected chi connectivity index (χ3v) is 4.59. The smallest absolute Gasteiger partial charge is 0.237 e. The van der Waals surface area contributed by atoms with Gasteiger partial charge >= 0.3 is 0 Å². The molecule has 2 rings (SSSR count). The largest absolute Gasteiger partial charge is 0.324 e. The van der Waals surface area contributed by atoms with Crippen molar-refractivity contribution in [2.45, 2.75) is 30.9 Å². The van der Waals surface area contributed by atoms with Gasteiger partial charge < -0.3 is 5.32 Å². The van der Waals surface area contributed by atoms with Crippen LogP contribution in [0.3, 0.4) is 0 Å². The first kappa shape index (κ1) is 16.1. The number of hydrogen-bond acceptors (Lipinski definition) is 3. The molecule has 0 spiro atoms. The van der Waals surface area contributed by atoms with Gasteiger partial charge in [0.2, 0.25) is 5.91 Å². The molecule has 0 bridgehead atoms. The van der Waals surface area contributed by atoms with Gasteiger partial charge in [0.25, 0.3) is 0 Å². The number of nitrogens with one attached hydrogen (secondary N) is 1. The van der Waals surface area contributed by atoms with Gasteiger partial charge in [-0.25, -0.2) is 0 Å². The fourth-order valence-corrected chi connectivity index (χ4v) is 3.04. The highest BCUT2D eigenvalue weighted by atomic mass is 32.2. The highest BCUT2D eigenvalue weighted by molar-refractivity contribution is 8.00. The van der Waals surface area contributed by atoms with Gasteiger partial charge in [-0.2, -0.15) is 5.26 Å². The number of nitriles is 1. The van der Waals surface area contributed by atoms with Crippen molar-refractivity contribution in [2.24, 2.45) is 0 Å². The number of thioether (sulfide) groups is 1. The SMILES string of the molecule is Cc1ccc(S[C@@H](C)C(=O)Nc2ccccc2C#N)c(C)c1. The van der Waals surface area contributed by atoms with Crippen LogP contribution in [0.25, 0.3) is 0 Å². The number of carbonyl (C=O) groups is 1. The van der Waals surface area contributed by atoms with E-state index in [1.54, 1.807) is 24.3 Å². The van der Waals surface area contributed by atoms with Crippen LogP contribution in [0.4, 0.5) is 5.69 Å². The van der Waals surface area contributed by atoms with Crippen molar-refractivity contribution in [3.05, 3.63) is 59.2 Å². The zero-order valence-electron chi connectivity index (χ0n) is 12.9. The van der Waals surface area contributed by atoms with Crippen molar-refractivity contribution in [1.82, 2.24) is 0 Å². The summed E-state index contributed by atoms with van der Waals surface area (Å²) in [6.07, 6.45) is 0. The fourth-order valence-electron chi connectivity index (χ4n) is 2.10. The molecular formula is C18H18N2OS. The van der Waals surface area contributed by atoms with Crippen LogP contribution in [0, 0.1) is 25.2 Å². The molecule has 1 atom stereocenters. The first-order chi connectivity index (χ1) is 10.5. The van der Waals surface area contributed by atoms with Crippen LogP contribution in [-0.4, -0.2) is 11.2 Å². The molecule has 22 heavy (non-hydrogen) atoms. The molecule has 4 heteroatoms. The van der Waals surface area contributed by atoms with E-state index in [0.29, 0.717) is 11.3 Å². The van der Waals surface area contributed by atoms with E-state index in [9.17, 15) is 4.79 Å². The molecule has 0 unspecified atom stereocenters. The third kappa shape index (κ3) is 3.90. The van der Waals surface area contributed by atoms with E-state index in [2.05, 4.69) is 24.4 Å². The van der Waals surface area contributed by atoms with E-state index >= 15 is 0 Å². The summed E-state index contributed by atoms with van der Waals surface area (Å²) >= 11 is 1.52. The Bertz CT molecular complexity index is 734. The van der Waals surface area contributed by atoms with Crippen molar-refractivity contribution >= 4 is 23.4 Å². The predicted molar refractivity (Wildman–Crippen MR) is 91.0 cm³/mol. The quantitative estimate of drug-likeness (QED) is 0.857. The molecule has 112 valence electrons. The first-order valence-corrected chi connectivity index (χ1v) is 7.93. The standard InChI is InChI=1S/C18H18N2OS/c1-12-8-9-17(13(2)10-12)22-14(3)18(21)20-16-7-5-4-6-15(16)11-19/h4-10,14H,1-3H3,(H,20,21)/t14-/m0/s1. The molecule has 0 aliphatic carbocycles. The molecule has 1 amide bonds. The van der Waals surface area contributed by atoms with Crippen LogP contribution in [0.2, 0.25) is 0 Å². The van der Waals surface area contributed by atoms with E-state index in [0.717, 1.165) is 4.90 Å². The number of amides is 1. The maximum absolute atomic E-state index is 12.3. The Morgan fingerprint density at radius 1 is 1.23 bits per heavy atom. The minimum Gasteiger partial charge on any atom is -0.324 e. The molecule has 0 saturated heterocycles. The molecule has 0 fully saturated rings. The summed E-state index contributed by atoms with van der Waals surface area (Å²) in [5.41, 5.74) is 3.41. The van der Waals surface area contributed by atoms with Gasteiger partial charge in [0.1, 0.15) is 6.07 Å². The van der Waals surface area contributed by atoms with Crippen LogP contribution in [0.1, 0.15) is 23.6 Å². The molecule has 0 heterocycles. The summed E-state index contributed by atoms with van der Waals surface area (Å²) in [6.45, 7) is 5.97. The lowest BCUT2D eigenvalue weighted by Gasteiger charge is -2.14. The Morgan fingerprint density at radius 3 is 2.64 bits per heavy atom. The van der Waals surface area contributed by atoms with Gasteiger partial charge in [-0.1, -0.05) is 29.8 Å². The van der Waals surface area contributed by atoms with Gasteiger partial charge in [0, 0.05) is 4.90 Å². The number of aryl methyl sites for hydroxylation is 2. The Kier molecular flexibility index (Phi) is 5.24. The van der Waals surface area contributed by atoms with E-state index in [1.807, 2.05) is 26.0 Å². The summed E-state index contributed by atoms with van der Waals surface area (Å²) in [4.78, 5) is 13.4. The highest BCUT2D eigenvalue weighted by Gasteiger charge is 2.16. The minimum atomic E-state index is -0.242. The highest BCUT2D eigenvalue weighted by Crippen LogP contribution is 2.28. The van der Waals surface area contributed by atoms with Crippen molar-refractivity contribution in [3.63, 3.8) is 0 Å². The van der Waals surface area contributed by atoms with E-state index < -0.39 is 0 Å². The van der Waals surface area contributed by atoms with E-state index in [-0.39, 0.29) is 11.2 Å². The van der Waals surface area contributed by atoms with Gasteiger partial charge in [-0.05, 0) is 44.5 Å². The predicted octanol–water partition coefficient (Wildman–Crippen LogP) is 4.29. The second kappa shape index (κ2) is 7.15. The molecule has 3 nitrogen and oxygen atoms in total. The number of carbonyl (C=O) groups excluding carboxylic acids is 1. The molecule has 0 aliphatic heterocycles. The Labute approximate surface area is 135 Å². The van der Waals surface area contributed by atoms with E-state index in [1.165, 1.54) is 22.9 Å². The van der Waals surface area contributed by atoms with Crippen molar-refractivity contribution in [1.29, 1.82) is 5.26 Å². The lowest BCUT2D eigenvalue weighted by Crippen LogP contribution is -2.22. The molecule has 0 saturated carbocycles. The van der Waals surface area contributed by atoms with Crippen molar-refractivity contribution in [2.75, 3.05) is 5.32 Å². The van der Waals surface area contributed by atoms with Gasteiger partial charge in [0.05, 0.1) is 16.5 Å². The summed E-state index contributed by atoms with van der Waals surface area (Å²) in [6, 6.07) is 15.3. The monoisotopic (exact) mass is 310 g/mol. The van der Waals surface area contributed by atoms with Crippen molar-refractivity contribution in [3.8, 4) is 6.07 Å². The number of hydrogen-bond donors (Lipinski definition) is 1. The summed E-state index contributed by atoms with van der Waals surface area (Å²) in [5, 5.41) is 11.6. The van der Waals surface area contributed by atoms with E-state index in [4.69, 9.17) is 5.26 Å². The molecular weight excluding hydrogens is 292 g/mol. The Morgan fingerprint density at radius 2 is 1.95 bits per heavy atom. The molecule has 1 N–H and O–H groups in total. The van der Waals surface area contributed by atoms with Gasteiger partial charge in [0.15, 0.2) is 0 Å². The topological polar surface area (TPSA) is 52.9 Å². The number of rotatable bonds is 4. The normalized spacial score (nSPS) is 11.5. The summed E-state index contributed by atoms with van der Waals surface area (Å²) in [5.74, 6) is -0.104. The number of para-hydroxylation sites is 1. The zero-order valence-corrected chi connectivity index (χ0v) is 13.7. The number of benzene rings is 2.